The van der Waals surface area contributed by atoms with Crippen molar-refractivity contribution < 1.29 is 4.74 Å². The lowest BCUT2D eigenvalue weighted by molar-refractivity contribution is -0.0755. The zero-order valence-corrected chi connectivity index (χ0v) is 10.4. The normalized spacial score (nSPS) is 47.0. The van der Waals surface area contributed by atoms with Gasteiger partial charge in [0.25, 0.3) is 0 Å². The topological polar surface area (TPSA) is 21.3 Å². The van der Waals surface area contributed by atoms with E-state index in [0.29, 0.717) is 17.7 Å². The van der Waals surface area contributed by atoms with Crippen LogP contribution in [0, 0.1) is 5.92 Å². The molecule has 1 saturated carbocycles. The lowest BCUT2D eigenvalue weighted by Crippen LogP contribution is -2.62. The molecule has 0 aromatic carbocycles. The maximum absolute atomic E-state index is 6.02. The van der Waals surface area contributed by atoms with Gasteiger partial charge in [0.05, 0.1) is 12.7 Å². The molecule has 88 valence electrons. The number of hydrogen-bond donors (Lipinski definition) is 1. The number of hydrogen-bond acceptors (Lipinski definition) is 2. The Hall–Kier alpha value is -0.0800. The van der Waals surface area contributed by atoms with Crippen LogP contribution in [-0.2, 0) is 4.74 Å². The molecule has 1 aliphatic heterocycles. The molecule has 1 saturated heterocycles. The van der Waals surface area contributed by atoms with Crippen molar-refractivity contribution in [2.75, 3.05) is 6.61 Å². The minimum Gasteiger partial charge on any atom is -0.375 e. The van der Waals surface area contributed by atoms with Crippen molar-refractivity contribution in [1.29, 1.82) is 0 Å². The average molecular weight is 211 g/mol. The van der Waals surface area contributed by atoms with Crippen LogP contribution in [0.25, 0.3) is 0 Å². The molecule has 1 spiro atoms. The zero-order valence-electron chi connectivity index (χ0n) is 10.4. The van der Waals surface area contributed by atoms with Crippen molar-refractivity contribution in [3.05, 3.63) is 0 Å². The lowest BCUT2D eigenvalue weighted by Gasteiger charge is -2.48. The highest BCUT2D eigenvalue weighted by molar-refractivity contribution is 4.98. The van der Waals surface area contributed by atoms with Crippen molar-refractivity contribution in [1.82, 2.24) is 5.32 Å². The number of rotatable bonds is 1. The molecule has 0 radical (unpaired) electrons. The van der Waals surface area contributed by atoms with Crippen LogP contribution in [0.5, 0.6) is 0 Å². The van der Waals surface area contributed by atoms with Crippen LogP contribution in [0.3, 0.4) is 0 Å². The molecular formula is C13H25NO. The molecule has 0 aromatic rings. The van der Waals surface area contributed by atoms with Crippen LogP contribution in [0.15, 0.2) is 0 Å². The Kier molecular flexibility index (Phi) is 3.36. The molecule has 0 amide bonds. The van der Waals surface area contributed by atoms with Gasteiger partial charge >= 0.3 is 0 Å². The van der Waals surface area contributed by atoms with E-state index in [1.807, 2.05) is 0 Å². The molecule has 2 fully saturated rings. The van der Waals surface area contributed by atoms with Crippen molar-refractivity contribution in [2.24, 2.45) is 5.92 Å². The molecule has 15 heavy (non-hydrogen) atoms. The summed E-state index contributed by atoms with van der Waals surface area (Å²) in [5, 5.41) is 3.84. The summed E-state index contributed by atoms with van der Waals surface area (Å²) in [5.41, 5.74) is 0.308. The van der Waals surface area contributed by atoms with Crippen LogP contribution in [0.1, 0.15) is 52.9 Å². The van der Waals surface area contributed by atoms with Crippen molar-refractivity contribution in [2.45, 2.75) is 70.6 Å². The second-order valence-electron chi connectivity index (χ2n) is 5.67. The largest absolute Gasteiger partial charge is 0.375 e. The SMILES string of the molecule is CCC1OCC2(CCCC(C)C2)NC1C. The maximum Gasteiger partial charge on any atom is 0.0723 e. The van der Waals surface area contributed by atoms with E-state index in [4.69, 9.17) is 4.74 Å². The summed E-state index contributed by atoms with van der Waals surface area (Å²) in [5.74, 6) is 0.861. The molecule has 2 aliphatic rings. The lowest BCUT2D eigenvalue weighted by atomic mass is 9.75. The summed E-state index contributed by atoms with van der Waals surface area (Å²) in [4.78, 5) is 0. The van der Waals surface area contributed by atoms with Crippen molar-refractivity contribution in [3.63, 3.8) is 0 Å². The highest BCUT2D eigenvalue weighted by atomic mass is 16.5. The number of ether oxygens (including phenoxy) is 1. The Morgan fingerprint density at radius 2 is 2.20 bits per heavy atom. The third kappa shape index (κ3) is 2.36. The predicted molar refractivity (Wildman–Crippen MR) is 63.0 cm³/mol. The Morgan fingerprint density at radius 1 is 1.40 bits per heavy atom. The highest BCUT2D eigenvalue weighted by Gasteiger charge is 2.41. The zero-order chi connectivity index (χ0) is 10.9. The van der Waals surface area contributed by atoms with Gasteiger partial charge in [0.15, 0.2) is 0 Å². The van der Waals surface area contributed by atoms with Gasteiger partial charge in [-0.25, -0.2) is 0 Å². The van der Waals surface area contributed by atoms with Gasteiger partial charge in [-0.1, -0.05) is 26.7 Å². The first-order valence-corrected chi connectivity index (χ1v) is 6.54. The Balaban J connectivity index is 1.99. The molecule has 1 aliphatic carbocycles. The fraction of sp³-hybridized carbons (Fsp3) is 1.00. The molecule has 0 aromatic heterocycles. The van der Waals surface area contributed by atoms with E-state index in [1.165, 1.54) is 25.7 Å². The van der Waals surface area contributed by atoms with Gasteiger partial charge in [-0.3, -0.25) is 0 Å². The fourth-order valence-corrected chi connectivity index (χ4v) is 3.42. The van der Waals surface area contributed by atoms with E-state index in [9.17, 15) is 0 Å². The van der Waals surface area contributed by atoms with Gasteiger partial charge in [0.2, 0.25) is 0 Å². The quantitative estimate of drug-likeness (QED) is 0.720. The van der Waals surface area contributed by atoms with Gasteiger partial charge < -0.3 is 10.1 Å². The third-order valence-electron chi connectivity index (χ3n) is 4.16. The molecule has 2 heteroatoms. The van der Waals surface area contributed by atoms with Crippen LogP contribution in [0.4, 0.5) is 0 Å². The molecule has 2 rings (SSSR count). The summed E-state index contributed by atoms with van der Waals surface area (Å²) in [7, 11) is 0. The molecule has 1 N–H and O–H groups in total. The maximum atomic E-state index is 6.02. The second kappa shape index (κ2) is 4.42. The first kappa shape index (κ1) is 11.4. The molecule has 2 nitrogen and oxygen atoms in total. The summed E-state index contributed by atoms with van der Waals surface area (Å²) in [6.45, 7) is 7.79. The van der Waals surface area contributed by atoms with Crippen LogP contribution >= 0.6 is 0 Å². The Labute approximate surface area is 93.8 Å². The Bertz CT molecular complexity index is 219. The van der Waals surface area contributed by atoms with Crippen LogP contribution < -0.4 is 5.32 Å². The third-order valence-corrected chi connectivity index (χ3v) is 4.16. The summed E-state index contributed by atoms with van der Waals surface area (Å²) >= 11 is 0. The smallest absolute Gasteiger partial charge is 0.0723 e. The minimum absolute atomic E-state index is 0.308. The van der Waals surface area contributed by atoms with Gasteiger partial charge in [-0.05, 0) is 32.1 Å². The molecule has 4 unspecified atom stereocenters. The van der Waals surface area contributed by atoms with E-state index in [2.05, 4.69) is 26.1 Å². The summed E-state index contributed by atoms with van der Waals surface area (Å²) < 4.78 is 6.02. The van der Waals surface area contributed by atoms with Gasteiger partial charge in [0.1, 0.15) is 0 Å². The van der Waals surface area contributed by atoms with Crippen molar-refractivity contribution >= 4 is 0 Å². The van der Waals surface area contributed by atoms with Crippen LogP contribution in [-0.4, -0.2) is 24.3 Å². The van der Waals surface area contributed by atoms with E-state index < -0.39 is 0 Å². The highest BCUT2D eigenvalue weighted by Crippen LogP contribution is 2.35. The average Bonchev–Trinajstić information content (AvgIpc) is 2.17. The number of morpholine rings is 1. The molecular weight excluding hydrogens is 186 g/mol. The van der Waals surface area contributed by atoms with Crippen molar-refractivity contribution in [3.8, 4) is 0 Å². The summed E-state index contributed by atoms with van der Waals surface area (Å²) in [6, 6.07) is 0.522. The standard InChI is InChI=1S/C13H25NO/c1-4-12-11(3)14-13(9-15-12)7-5-6-10(2)8-13/h10-12,14H,4-9H2,1-3H3. The monoisotopic (exact) mass is 211 g/mol. The molecule has 4 atom stereocenters. The minimum atomic E-state index is 0.308. The fourth-order valence-electron chi connectivity index (χ4n) is 3.42. The van der Waals surface area contributed by atoms with Gasteiger partial charge in [-0.15, -0.1) is 0 Å². The first-order valence-electron chi connectivity index (χ1n) is 6.54. The predicted octanol–water partition coefficient (Wildman–Crippen LogP) is 2.72. The molecule has 0 bridgehead atoms. The van der Waals surface area contributed by atoms with Gasteiger partial charge in [-0.2, -0.15) is 0 Å². The first-order chi connectivity index (χ1) is 7.15. The van der Waals surface area contributed by atoms with Gasteiger partial charge in [0, 0.05) is 11.6 Å². The second-order valence-corrected chi connectivity index (χ2v) is 5.67. The van der Waals surface area contributed by atoms with E-state index in [-0.39, 0.29) is 0 Å². The molecule has 1 heterocycles. The van der Waals surface area contributed by atoms with Crippen LogP contribution in [0.2, 0.25) is 0 Å². The summed E-state index contributed by atoms with van der Waals surface area (Å²) in [6.07, 6.45) is 6.91. The van der Waals surface area contributed by atoms with E-state index >= 15 is 0 Å². The van der Waals surface area contributed by atoms with E-state index in [1.54, 1.807) is 0 Å². The van der Waals surface area contributed by atoms with E-state index in [0.717, 1.165) is 18.9 Å². The number of nitrogens with one attached hydrogen (secondary N) is 1. The Morgan fingerprint density at radius 3 is 2.80 bits per heavy atom.